The van der Waals surface area contributed by atoms with Gasteiger partial charge in [0.05, 0.1) is 44.7 Å². The lowest BCUT2D eigenvalue weighted by Gasteiger charge is -2.26. The number of non-ortho nitro benzene ring substituents is 2. The third-order valence-corrected chi connectivity index (χ3v) is 5.17. The molecule has 1 atom stereocenters. The molecule has 1 unspecified atom stereocenters. The van der Waals surface area contributed by atoms with Crippen molar-refractivity contribution < 1.29 is 29.0 Å². The number of fused-ring (bicyclic) bond motifs is 2. The molecule has 156 valence electrons. The summed E-state index contributed by atoms with van der Waals surface area (Å²) in [5.41, 5.74) is -0.997. The fourth-order valence-corrected chi connectivity index (χ4v) is 3.67. The molecule has 0 radical (unpaired) electrons. The highest BCUT2D eigenvalue weighted by Gasteiger charge is 2.43. The van der Waals surface area contributed by atoms with Gasteiger partial charge in [0.25, 0.3) is 35.0 Å². The zero-order chi connectivity index (χ0) is 22.6. The molecule has 0 saturated carbocycles. The van der Waals surface area contributed by atoms with Gasteiger partial charge in [0.2, 0.25) is 0 Å². The van der Waals surface area contributed by atoms with Crippen molar-refractivity contribution >= 4 is 35.0 Å². The first-order valence-electron chi connectivity index (χ1n) is 8.92. The minimum absolute atomic E-state index is 0.0132. The van der Waals surface area contributed by atoms with Crippen LogP contribution in [0.15, 0.2) is 36.4 Å². The second-order valence-electron chi connectivity index (χ2n) is 7.02. The molecule has 4 rings (SSSR count). The maximum Gasteiger partial charge on any atom is 0.270 e. The molecule has 2 heterocycles. The van der Waals surface area contributed by atoms with Gasteiger partial charge in [-0.25, -0.2) is 0 Å². The number of carbonyl (C=O) groups excluding carboxylic acids is 4. The smallest absolute Gasteiger partial charge is 0.270 e. The average Bonchev–Trinajstić information content (AvgIpc) is 3.12. The van der Waals surface area contributed by atoms with E-state index in [0.717, 1.165) is 34.1 Å². The Hall–Kier alpha value is -4.48. The Morgan fingerprint density at radius 3 is 1.68 bits per heavy atom. The summed E-state index contributed by atoms with van der Waals surface area (Å²) < 4.78 is 0. The average molecular weight is 424 g/mol. The van der Waals surface area contributed by atoms with Crippen LogP contribution in [-0.4, -0.2) is 55.9 Å². The second-order valence-corrected chi connectivity index (χ2v) is 7.02. The zero-order valence-electron chi connectivity index (χ0n) is 15.8. The number of nitro groups is 2. The van der Waals surface area contributed by atoms with Crippen molar-refractivity contribution in [2.75, 3.05) is 6.54 Å². The van der Waals surface area contributed by atoms with Gasteiger partial charge >= 0.3 is 0 Å². The first-order chi connectivity index (χ1) is 14.6. The van der Waals surface area contributed by atoms with E-state index in [1.54, 1.807) is 0 Å². The molecule has 2 aromatic rings. The minimum Gasteiger partial charge on any atom is -0.272 e. The minimum atomic E-state index is -0.941. The molecule has 4 amide bonds. The Bertz CT molecular complexity index is 1240. The van der Waals surface area contributed by atoms with Crippen molar-refractivity contribution in [1.29, 1.82) is 0 Å². The van der Waals surface area contributed by atoms with E-state index in [1.807, 2.05) is 0 Å². The number of hydrogen-bond acceptors (Lipinski definition) is 8. The van der Waals surface area contributed by atoms with Crippen LogP contribution in [-0.2, 0) is 0 Å². The molecule has 0 fully saturated rings. The molecule has 12 heteroatoms. The van der Waals surface area contributed by atoms with Crippen molar-refractivity contribution in [2.24, 2.45) is 0 Å². The molecule has 0 bridgehead atoms. The maximum absolute atomic E-state index is 12.7. The highest BCUT2D eigenvalue weighted by molar-refractivity contribution is 6.23. The summed E-state index contributed by atoms with van der Waals surface area (Å²) in [6.45, 7) is 1.11. The van der Waals surface area contributed by atoms with Crippen LogP contribution in [0.2, 0.25) is 0 Å². The Morgan fingerprint density at radius 2 is 1.16 bits per heavy atom. The zero-order valence-corrected chi connectivity index (χ0v) is 15.8. The van der Waals surface area contributed by atoms with Crippen LogP contribution in [0.25, 0.3) is 0 Å². The van der Waals surface area contributed by atoms with Gasteiger partial charge in [0.1, 0.15) is 0 Å². The van der Waals surface area contributed by atoms with Crippen LogP contribution < -0.4 is 0 Å². The van der Waals surface area contributed by atoms with Crippen molar-refractivity contribution in [2.45, 2.75) is 13.0 Å². The van der Waals surface area contributed by atoms with Crippen LogP contribution >= 0.6 is 0 Å². The number of imide groups is 2. The van der Waals surface area contributed by atoms with Crippen molar-refractivity contribution in [3.63, 3.8) is 0 Å². The third-order valence-electron chi connectivity index (χ3n) is 5.17. The molecular formula is C19H12N4O8. The van der Waals surface area contributed by atoms with Crippen LogP contribution in [0.1, 0.15) is 48.4 Å². The van der Waals surface area contributed by atoms with Crippen LogP contribution in [0.4, 0.5) is 11.4 Å². The number of hydrogen-bond donors (Lipinski definition) is 0. The topological polar surface area (TPSA) is 161 Å². The Kier molecular flexibility index (Phi) is 4.34. The fourth-order valence-electron chi connectivity index (χ4n) is 3.67. The molecule has 2 aliphatic heterocycles. The number of carbonyl (C=O) groups is 4. The maximum atomic E-state index is 12.7. The standard InChI is InChI=1S/C19H12N4O8/c1-9(21-18(26)13-5-3-11(23(30)31)7-15(13)19(21)27)8-20-16(24)12-4-2-10(22(28)29)6-14(12)17(20)25/h2-7,9H,8H2,1H3. The van der Waals surface area contributed by atoms with Crippen molar-refractivity contribution in [3.05, 3.63) is 78.9 Å². The normalized spacial score (nSPS) is 15.9. The second kappa shape index (κ2) is 6.79. The van der Waals surface area contributed by atoms with E-state index in [9.17, 15) is 39.4 Å². The Morgan fingerprint density at radius 1 is 0.742 bits per heavy atom. The van der Waals surface area contributed by atoms with Gasteiger partial charge < -0.3 is 0 Å². The molecule has 0 aromatic heterocycles. The summed E-state index contributed by atoms with van der Waals surface area (Å²) in [4.78, 5) is 72.8. The fraction of sp³-hybridized carbons (Fsp3) is 0.158. The SMILES string of the molecule is CC(CN1C(=O)c2ccc([N+](=O)[O-])cc2C1=O)N1C(=O)c2ccc([N+](=O)[O-])cc2C1=O. The lowest BCUT2D eigenvalue weighted by Crippen LogP contribution is -2.46. The predicted octanol–water partition coefficient (Wildman–Crippen LogP) is 1.78. The van der Waals surface area contributed by atoms with E-state index in [0.29, 0.717) is 0 Å². The molecule has 0 aliphatic carbocycles. The van der Waals surface area contributed by atoms with E-state index in [-0.39, 0.29) is 40.2 Å². The number of rotatable bonds is 5. The quantitative estimate of drug-likeness (QED) is 0.398. The monoisotopic (exact) mass is 424 g/mol. The third kappa shape index (κ3) is 2.92. The van der Waals surface area contributed by atoms with Gasteiger partial charge in [-0.05, 0) is 19.1 Å². The largest absolute Gasteiger partial charge is 0.272 e. The molecular weight excluding hydrogens is 412 g/mol. The van der Waals surface area contributed by atoms with Crippen LogP contribution in [0, 0.1) is 20.2 Å². The van der Waals surface area contributed by atoms with Crippen molar-refractivity contribution in [3.8, 4) is 0 Å². The van der Waals surface area contributed by atoms with E-state index < -0.39 is 39.5 Å². The number of amides is 4. The first kappa shape index (κ1) is 19.8. The molecule has 0 N–H and O–H groups in total. The summed E-state index contributed by atoms with van der Waals surface area (Å²) in [5, 5.41) is 21.9. The molecule has 2 aromatic carbocycles. The predicted molar refractivity (Wildman–Crippen MR) is 102 cm³/mol. The first-order valence-corrected chi connectivity index (χ1v) is 8.92. The summed E-state index contributed by atoms with van der Waals surface area (Å²) in [6, 6.07) is 5.64. The molecule has 0 saturated heterocycles. The Balaban J connectivity index is 1.59. The van der Waals surface area contributed by atoms with E-state index in [2.05, 4.69) is 0 Å². The lowest BCUT2D eigenvalue weighted by molar-refractivity contribution is -0.385. The van der Waals surface area contributed by atoms with Crippen molar-refractivity contribution in [1.82, 2.24) is 9.80 Å². The summed E-state index contributed by atoms with van der Waals surface area (Å²) in [7, 11) is 0. The molecule has 12 nitrogen and oxygen atoms in total. The summed E-state index contributed by atoms with van der Waals surface area (Å²) >= 11 is 0. The van der Waals surface area contributed by atoms with E-state index in [1.165, 1.54) is 19.1 Å². The highest BCUT2D eigenvalue weighted by Crippen LogP contribution is 2.30. The number of benzene rings is 2. The van der Waals surface area contributed by atoms with E-state index in [4.69, 9.17) is 0 Å². The van der Waals surface area contributed by atoms with Gasteiger partial charge in [-0.3, -0.25) is 49.2 Å². The molecule has 2 aliphatic rings. The summed E-state index contributed by atoms with van der Waals surface area (Å²) in [6.07, 6.45) is 0. The highest BCUT2D eigenvalue weighted by atomic mass is 16.6. The van der Waals surface area contributed by atoms with Crippen LogP contribution in [0.5, 0.6) is 0 Å². The van der Waals surface area contributed by atoms with Gasteiger partial charge in [-0.2, -0.15) is 0 Å². The van der Waals surface area contributed by atoms with E-state index >= 15 is 0 Å². The number of nitro benzene ring substituents is 2. The molecule has 0 spiro atoms. The van der Waals surface area contributed by atoms with Crippen LogP contribution in [0.3, 0.4) is 0 Å². The van der Waals surface area contributed by atoms with Gasteiger partial charge in [0.15, 0.2) is 0 Å². The van der Waals surface area contributed by atoms with Gasteiger partial charge in [-0.15, -0.1) is 0 Å². The number of nitrogens with zero attached hydrogens (tertiary/aromatic N) is 4. The van der Waals surface area contributed by atoms with Gasteiger partial charge in [0, 0.05) is 24.3 Å². The Labute approximate surface area is 173 Å². The lowest BCUT2D eigenvalue weighted by atomic mass is 10.1. The van der Waals surface area contributed by atoms with Gasteiger partial charge in [-0.1, -0.05) is 0 Å². The summed E-state index contributed by atoms with van der Waals surface area (Å²) in [5.74, 6) is -2.95. The molecule has 31 heavy (non-hydrogen) atoms.